The molecule has 0 saturated heterocycles. The summed E-state index contributed by atoms with van der Waals surface area (Å²) in [7, 11) is 1.41. The zero-order valence-electron chi connectivity index (χ0n) is 10.7. The van der Waals surface area contributed by atoms with Gasteiger partial charge in [-0.2, -0.15) is 0 Å². The summed E-state index contributed by atoms with van der Waals surface area (Å²) in [6.45, 7) is 1.96. The molecule has 4 heteroatoms. The van der Waals surface area contributed by atoms with Gasteiger partial charge in [-0.15, -0.1) is 11.3 Å². The van der Waals surface area contributed by atoms with Gasteiger partial charge in [0, 0.05) is 11.2 Å². The highest BCUT2D eigenvalue weighted by Gasteiger charge is 2.12. The van der Waals surface area contributed by atoms with Crippen LogP contribution in [0.1, 0.15) is 21.7 Å². The van der Waals surface area contributed by atoms with E-state index in [1.165, 1.54) is 29.6 Å². The highest BCUT2D eigenvalue weighted by atomic mass is 32.1. The third-order valence-corrected chi connectivity index (χ3v) is 4.43. The molecule has 1 aliphatic heterocycles. The Kier molecular flexibility index (Phi) is 3.36. The molecule has 3 nitrogen and oxygen atoms in total. The number of methoxy groups -OCH3 is 1. The molecule has 1 aromatic carbocycles. The van der Waals surface area contributed by atoms with Crippen LogP contribution in [0.3, 0.4) is 0 Å². The van der Waals surface area contributed by atoms with Crippen LogP contribution in [-0.2, 0) is 4.74 Å². The van der Waals surface area contributed by atoms with Crippen LogP contribution in [0.4, 0.5) is 0 Å². The summed E-state index contributed by atoms with van der Waals surface area (Å²) in [6.07, 6.45) is 3.29. The number of esters is 1. The van der Waals surface area contributed by atoms with Gasteiger partial charge in [-0.3, -0.25) is 0 Å². The van der Waals surface area contributed by atoms with E-state index in [4.69, 9.17) is 4.74 Å². The fraction of sp³-hybridized carbons (Fsp3) is 0.267. The lowest BCUT2D eigenvalue weighted by Crippen LogP contribution is -2.19. The van der Waals surface area contributed by atoms with E-state index in [0.29, 0.717) is 4.88 Å². The van der Waals surface area contributed by atoms with Crippen molar-refractivity contribution >= 4 is 33.0 Å². The van der Waals surface area contributed by atoms with Gasteiger partial charge in [0.05, 0.1) is 7.11 Å². The second-order valence-electron chi connectivity index (χ2n) is 4.54. The Morgan fingerprint density at radius 3 is 3.00 bits per heavy atom. The van der Waals surface area contributed by atoms with Crippen LogP contribution in [0, 0.1) is 0 Å². The predicted molar refractivity (Wildman–Crippen MR) is 78.6 cm³/mol. The Hall–Kier alpha value is -1.65. The van der Waals surface area contributed by atoms with E-state index in [2.05, 4.69) is 29.6 Å². The third kappa shape index (κ3) is 2.41. The SMILES string of the molecule is COC(=O)c1cc2cc(C3=CCNCC3)ccc2s1. The molecule has 0 amide bonds. The van der Waals surface area contributed by atoms with Gasteiger partial charge in [0.15, 0.2) is 0 Å². The van der Waals surface area contributed by atoms with Crippen LogP contribution < -0.4 is 5.32 Å². The molecule has 1 aliphatic rings. The number of hydrogen-bond donors (Lipinski definition) is 1. The molecule has 0 unspecified atom stereocenters. The first-order valence-electron chi connectivity index (χ1n) is 6.30. The summed E-state index contributed by atoms with van der Waals surface area (Å²) < 4.78 is 5.89. The van der Waals surface area contributed by atoms with Gasteiger partial charge in [0.25, 0.3) is 0 Å². The molecule has 0 fully saturated rings. The second kappa shape index (κ2) is 5.15. The first kappa shape index (κ1) is 12.4. The Labute approximate surface area is 115 Å². The van der Waals surface area contributed by atoms with Gasteiger partial charge < -0.3 is 10.1 Å². The quantitative estimate of drug-likeness (QED) is 0.855. The van der Waals surface area contributed by atoms with E-state index in [9.17, 15) is 4.79 Å². The summed E-state index contributed by atoms with van der Waals surface area (Å²) in [5.41, 5.74) is 2.63. The van der Waals surface area contributed by atoms with Crippen LogP contribution >= 0.6 is 11.3 Å². The molecule has 1 aromatic heterocycles. The van der Waals surface area contributed by atoms with Crippen molar-refractivity contribution in [3.8, 4) is 0 Å². The van der Waals surface area contributed by atoms with E-state index in [1.807, 2.05) is 6.07 Å². The van der Waals surface area contributed by atoms with E-state index in [0.717, 1.165) is 29.6 Å². The van der Waals surface area contributed by atoms with Gasteiger partial charge in [-0.25, -0.2) is 4.79 Å². The molecule has 0 saturated carbocycles. The highest BCUT2D eigenvalue weighted by Crippen LogP contribution is 2.30. The molecule has 0 spiro atoms. The number of hydrogen-bond acceptors (Lipinski definition) is 4. The number of thiophene rings is 1. The first-order chi connectivity index (χ1) is 9.28. The van der Waals surface area contributed by atoms with E-state index >= 15 is 0 Å². The smallest absolute Gasteiger partial charge is 0.348 e. The van der Waals surface area contributed by atoms with Crippen LogP contribution in [0.25, 0.3) is 15.7 Å². The molecule has 19 heavy (non-hydrogen) atoms. The zero-order valence-corrected chi connectivity index (χ0v) is 11.5. The molecule has 0 radical (unpaired) electrons. The summed E-state index contributed by atoms with van der Waals surface area (Å²) >= 11 is 1.48. The Morgan fingerprint density at radius 2 is 2.26 bits per heavy atom. The maximum atomic E-state index is 11.5. The molecule has 0 bridgehead atoms. The minimum atomic E-state index is -0.260. The van der Waals surface area contributed by atoms with Crippen molar-refractivity contribution in [3.63, 3.8) is 0 Å². The molecular formula is C15H15NO2S. The molecule has 1 N–H and O–H groups in total. The van der Waals surface area contributed by atoms with Crippen molar-refractivity contribution in [3.05, 3.63) is 40.8 Å². The van der Waals surface area contributed by atoms with Gasteiger partial charge >= 0.3 is 5.97 Å². The van der Waals surface area contributed by atoms with E-state index in [-0.39, 0.29) is 5.97 Å². The van der Waals surface area contributed by atoms with Gasteiger partial charge in [-0.1, -0.05) is 12.1 Å². The van der Waals surface area contributed by atoms with Crippen LogP contribution in [0.2, 0.25) is 0 Å². The average Bonchev–Trinajstić information content (AvgIpc) is 2.90. The maximum absolute atomic E-state index is 11.5. The summed E-state index contributed by atoms with van der Waals surface area (Å²) in [6, 6.07) is 8.30. The second-order valence-corrected chi connectivity index (χ2v) is 5.62. The topological polar surface area (TPSA) is 38.3 Å². The molecule has 2 aromatic rings. The fourth-order valence-corrected chi connectivity index (χ4v) is 3.29. The van der Waals surface area contributed by atoms with Gasteiger partial charge in [0.1, 0.15) is 4.88 Å². The third-order valence-electron chi connectivity index (χ3n) is 3.34. The number of rotatable bonds is 2. The maximum Gasteiger partial charge on any atom is 0.348 e. The number of nitrogens with one attached hydrogen (secondary N) is 1. The van der Waals surface area contributed by atoms with E-state index < -0.39 is 0 Å². The van der Waals surface area contributed by atoms with Crippen molar-refractivity contribution in [2.75, 3.05) is 20.2 Å². The monoisotopic (exact) mass is 273 g/mol. The van der Waals surface area contributed by atoms with Crippen LogP contribution in [0.15, 0.2) is 30.3 Å². The van der Waals surface area contributed by atoms with Crippen molar-refractivity contribution in [1.29, 1.82) is 0 Å². The predicted octanol–water partition coefficient (Wildman–Crippen LogP) is 3.06. The number of carbonyl (C=O) groups is 1. The first-order valence-corrected chi connectivity index (χ1v) is 7.11. The molecule has 2 heterocycles. The Balaban J connectivity index is 2.00. The number of carbonyl (C=O) groups excluding carboxylic acids is 1. The van der Waals surface area contributed by atoms with Crippen molar-refractivity contribution < 1.29 is 9.53 Å². The summed E-state index contributed by atoms with van der Waals surface area (Å²) in [5.74, 6) is -0.260. The van der Waals surface area contributed by atoms with Crippen molar-refractivity contribution in [2.24, 2.45) is 0 Å². The van der Waals surface area contributed by atoms with Crippen molar-refractivity contribution in [1.82, 2.24) is 5.32 Å². The number of benzene rings is 1. The highest BCUT2D eigenvalue weighted by molar-refractivity contribution is 7.20. The minimum Gasteiger partial charge on any atom is -0.465 e. The Morgan fingerprint density at radius 1 is 1.37 bits per heavy atom. The molecule has 3 rings (SSSR count). The van der Waals surface area contributed by atoms with Crippen molar-refractivity contribution in [2.45, 2.75) is 6.42 Å². The number of ether oxygens (including phenoxy) is 1. The summed E-state index contributed by atoms with van der Waals surface area (Å²) in [5, 5.41) is 4.43. The largest absolute Gasteiger partial charge is 0.465 e. The zero-order chi connectivity index (χ0) is 13.2. The minimum absolute atomic E-state index is 0.260. The van der Waals surface area contributed by atoms with E-state index in [1.54, 1.807) is 0 Å². The standard InChI is InChI=1S/C15H15NO2S/c1-18-15(17)14-9-12-8-11(2-3-13(12)19-14)10-4-6-16-7-5-10/h2-4,8-9,16H,5-7H2,1H3. The fourth-order valence-electron chi connectivity index (χ4n) is 2.33. The van der Waals surface area contributed by atoms with Gasteiger partial charge in [-0.05, 0) is 47.7 Å². The lowest BCUT2D eigenvalue weighted by Gasteiger charge is -2.14. The lowest BCUT2D eigenvalue weighted by atomic mass is 9.99. The lowest BCUT2D eigenvalue weighted by molar-refractivity contribution is 0.0606. The molecule has 98 valence electrons. The van der Waals surface area contributed by atoms with Gasteiger partial charge in [0.2, 0.25) is 0 Å². The number of fused-ring (bicyclic) bond motifs is 1. The summed E-state index contributed by atoms with van der Waals surface area (Å²) in [4.78, 5) is 12.2. The molecule has 0 atom stereocenters. The normalized spacial score (nSPS) is 15.3. The molecule has 0 aliphatic carbocycles. The average molecular weight is 273 g/mol. The van der Waals surface area contributed by atoms with Crippen LogP contribution in [0.5, 0.6) is 0 Å². The Bertz CT molecular complexity index is 657. The van der Waals surface area contributed by atoms with Crippen LogP contribution in [-0.4, -0.2) is 26.2 Å². The molecular weight excluding hydrogens is 258 g/mol.